The van der Waals surface area contributed by atoms with E-state index in [1.54, 1.807) is 10.6 Å². The molecule has 1 aliphatic heterocycles. The Kier molecular flexibility index (Phi) is 6.11. The van der Waals surface area contributed by atoms with Gasteiger partial charge < -0.3 is 4.90 Å². The van der Waals surface area contributed by atoms with Gasteiger partial charge in [-0.25, -0.2) is 4.98 Å². The number of piperidine rings is 1. The summed E-state index contributed by atoms with van der Waals surface area (Å²) in [5, 5.41) is 1.28. The predicted octanol–water partition coefficient (Wildman–Crippen LogP) is 4.14. The number of thioether (sulfide) groups is 1. The van der Waals surface area contributed by atoms with Gasteiger partial charge in [-0.3, -0.25) is 14.2 Å². The summed E-state index contributed by atoms with van der Waals surface area (Å²) in [4.78, 5) is 34.4. The van der Waals surface area contributed by atoms with Crippen LogP contribution in [0, 0.1) is 13.8 Å². The molecule has 0 saturated carbocycles. The number of allylic oxidation sites excluding steroid dienone is 1. The molecule has 2 aromatic rings. The van der Waals surface area contributed by atoms with Crippen LogP contribution in [0.15, 0.2) is 22.6 Å². The van der Waals surface area contributed by atoms with E-state index < -0.39 is 0 Å². The van der Waals surface area contributed by atoms with E-state index in [4.69, 9.17) is 4.98 Å². The van der Waals surface area contributed by atoms with Crippen molar-refractivity contribution in [1.82, 2.24) is 14.5 Å². The molecule has 2 aromatic heterocycles. The van der Waals surface area contributed by atoms with Crippen LogP contribution in [0.5, 0.6) is 0 Å². The van der Waals surface area contributed by atoms with Crippen LogP contribution in [0.3, 0.4) is 0 Å². The van der Waals surface area contributed by atoms with Crippen molar-refractivity contribution >= 4 is 39.2 Å². The molecule has 1 aliphatic rings. The molecule has 0 aromatic carbocycles. The van der Waals surface area contributed by atoms with Crippen LogP contribution in [-0.2, 0) is 11.3 Å². The second-order valence-corrected chi connectivity index (χ2v) is 9.43. The molecule has 0 unspecified atom stereocenters. The minimum Gasteiger partial charge on any atom is -0.337 e. The van der Waals surface area contributed by atoms with Gasteiger partial charge in [0.05, 0.1) is 11.1 Å². The lowest BCUT2D eigenvalue weighted by molar-refractivity contribution is -0.134. The standard InChI is InChI=1S/C20H27N3O2S2/c1-6-10-22-19(25)17-14(4)15(5)27-18(17)21-20(22)26-11-16(24)23-12(2)8-7-9-13(23)3/h6,12-13H,1,7-11H2,2-5H3/t12-,13-/m0/s1. The Morgan fingerprint density at radius 3 is 2.63 bits per heavy atom. The largest absolute Gasteiger partial charge is 0.337 e. The average molecular weight is 406 g/mol. The molecule has 0 bridgehead atoms. The monoisotopic (exact) mass is 405 g/mol. The number of rotatable bonds is 5. The molecule has 0 aliphatic carbocycles. The Labute approximate surface area is 168 Å². The molecule has 146 valence electrons. The molecule has 2 atom stereocenters. The predicted molar refractivity (Wildman–Crippen MR) is 114 cm³/mol. The van der Waals surface area contributed by atoms with Crippen molar-refractivity contribution in [3.05, 3.63) is 33.4 Å². The highest BCUT2D eigenvalue weighted by Crippen LogP contribution is 2.29. The smallest absolute Gasteiger partial charge is 0.263 e. The maximum Gasteiger partial charge on any atom is 0.263 e. The second-order valence-electron chi connectivity index (χ2n) is 7.28. The fraction of sp³-hybridized carbons (Fsp3) is 0.550. The number of nitrogens with zero attached hydrogens (tertiary/aromatic N) is 3. The first-order valence-corrected chi connectivity index (χ1v) is 11.2. The SMILES string of the molecule is C=CCn1c(SCC(=O)N2[C@@H](C)CCC[C@@H]2C)nc2sc(C)c(C)c2c1=O. The van der Waals surface area contributed by atoms with Crippen LogP contribution >= 0.6 is 23.1 Å². The van der Waals surface area contributed by atoms with Gasteiger partial charge in [0.25, 0.3) is 5.56 Å². The minimum absolute atomic E-state index is 0.0450. The Hall–Kier alpha value is -1.60. The van der Waals surface area contributed by atoms with Crippen molar-refractivity contribution in [3.63, 3.8) is 0 Å². The second kappa shape index (κ2) is 8.19. The first kappa shape index (κ1) is 20.1. The van der Waals surface area contributed by atoms with E-state index in [1.807, 2.05) is 18.7 Å². The third kappa shape index (κ3) is 3.85. The van der Waals surface area contributed by atoms with Crippen LogP contribution < -0.4 is 5.56 Å². The van der Waals surface area contributed by atoms with E-state index in [-0.39, 0.29) is 23.6 Å². The molecule has 27 heavy (non-hydrogen) atoms. The zero-order valence-corrected chi connectivity index (χ0v) is 18.1. The van der Waals surface area contributed by atoms with E-state index in [0.29, 0.717) is 22.8 Å². The maximum atomic E-state index is 13.0. The maximum absolute atomic E-state index is 13.0. The Bertz CT molecular complexity index is 921. The van der Waals surface area contributed by atoms with Gasteiger partial charge in [-0.15, -0.1) is 17.9 Å². The van der Waals surface area contributed by atoms with Gasteiger partial charge >= 0.3 is 0 Å². The Morgan fingerprint density at radius 2 is 2.00 bits per heavy atom. The Balaban J connectivity index is 1.90. The van der Waals surface area contributed by atoms with Crippen LogP contribution in [0.25, 0.3) is 10.2 Å². The number of amides is 1. The molecule has 1 saturated heterocycles. The van der Waals surface area contributed by atoms with Crippen molar-refractivity contribution in [2.24, 2.45) is 0 Å². The average Bonchev–Trinajstić information content (AvgIpc) is 2.90. The highest BCUT2D eigenvalue weighted by Gasteiger charge is 2.29. The van der Waals surface area contributed by atoms with Crippen LogP contribution in [-0.4, -0.2) is 38.2 Å². The lowest BCUT2D eigenvalue weighted by Crippen LogP contribution is -2.48. The number of likely N-dealkylation sites (tertiary alicyclic amines) is 1. The molecule has 1 amide bonds. The lowest BCUT2D eigenvalue weighted by atomic mass is 9.98. The number of hydrogen-bond donors (Lipinski definition) is 0. The van der Waals surface area contributed by atoms with Crippen LogP contribution in [0.1, 0.15) is 43.6 Å². The molecule has 0 radical (unpaired) electrons. The summed E-state index contributed by atoms with van der Waals surface area (Å²) in [6.45, 7) is 12.4. The number of fused-ring (bicyclic) bond motifs is 1. The molecule has 5 nitrogen and oxygen atoms in total. The van der Waals surface area contributed by atoms with E-state index >= 15 is 0 Å². The van der Waals surface area contributed by atoms with Gasteiger partial charge in [0, 0.05) is 23.5 Å². The summed E-state index contributed by atoms with van der Waals surface area (Å²) < 4.78 is 1.63. The number of carbonyl (C=O) groups is 1. The Morgan fingerprint density at radius 1 is 1.33 bits per heavy atom. The third-order valence-corrected chi connectivity index (χ3v) is 7.43. The van der Waals surface area contributed by atoms with Crippen molar-refractivity contribution in [3.8, 4) is 0 Å². The summed E-state index contributed by atoms with van der Waals surface area (Å²) >= 11 is 2.89. The van der Waals surface area contributed by atoms with E-state index in [1.165, 1.54) is 29.5 Å². The highest BCUT2D eigenvalue weighted by atomic mass is 32.2. The van der Waals surface area contributed by atoms with Crippen LogP contribution in [0.4, 0.5) is 0 Å². The summed E-state index contributed by atoms with van der Waals surface area (Å²) in [6, 6.07) is 0.547. The fourth-order valence-corrected chi connectivity index (χ4v) is 5.77. The number of hydrogen-bond acceptors (Lipinski definition) is 5. The van der Waals surface area contributed by atoms with Gasteiger partial charge in [0.15, 0.2) is 5.16 Å². The number of aromatic nitrogens is 2. The molecule has 3 heterocycles. The number of carbonyl (C=O) groups excluding carboxylic acids is 1. The zero-order chi connectivity index (χ0) is 19.7. The van der Waals surface area contributed by atoms with Crippen molar-refractivity contribution in [2.75, 3.05) is 5.75 Å². The topological polar surface area (TPSA) is 55.2 Å². The molecule has 7 heteroatoms. The third-order valence-electron chi connectivity index (χ3n) is 5.37. The fourth-order valence-electron chi connectivity index (χ4n) is 3.82. The van der Waals surface area contributed by atoms with Crippen molar-refractivity contribution < 1.29 is 4.79 Å². The highest BCUT2D eigenvalue weighted by molar-refractivity contribution is 7.99. The summed E-state index contributed by atoms with van der Waals surface area (Å²) in [5.74, 6) is 0.422. The van der Waals surface area contributed by atoms with E-state index in [0.717, 1.165) is 28.1 Å². The van der Waals surface area contributed by atoms with Gasteiger partial charge in [0.2, 0.25) is 5.91 Å². The quantitative estimate of drug-likeness (QED) is 0.426. The summed E-state index contributed by atoms with van der Waals surface area (Å²) in [6.07, 6.45) is 4.98. The normalized spacial score (nSPS) is 20.2. The van der Waals surface area contributed by atoms with Gasteiger partial charge in [-0.2, -0.15) is 0 Å². The summed E-state index contributed by atoms with van der Waals surface area (Å²) in [5.41, 5.74) is 0.949. The number of thiophene rings is 1. The van der Waals surface area contributed by atoms with Crippen molar-refractivity contribution in [2.45, 2.75) is 70.7 Å². The number of aryl methyl sites for hydroxylation is 2. The minimum atomic E-state index is -0.0450. The molecule has 1 fully saturated rings. The zero-order valence-electron chi connectivity index (χ0n) is 16.4. The van der Waals surface area contributed by atoms with Gasteiger partial charge in [0.1, 0.15) is 4.83 Å². The van der Waals surface area contributed by atoms with E-state index in [9.17, 15) is 9.59 Å². The molecule has 0 spiro atoms. The molecular weight excluding hydrogens is 378 g/mol. The van der Waals surface area contributed by atoms with E-state index in [2.05, 4.69) is 20.4 Å². The molecule has 0 N–H and O–H groups in total. The van der Waals surface area contributed by atoms with Gasteiger partial charge in [-0.1, -0.05) is 17.8 Å². The van der Waals surface area contributed by atoms with Crippen LogP contribution in [0.2, 0.25) is 0 Å². The first-order chi connectivity index (χ1) is 12.8. The first-order valence-electron chi connectivity index (χ1n) is 9.40. The summed E-state index contributed by atoms with van der Waals surface area (Å²) in [7, 11) is 0. The molecular formula is C20H27N3O2S2. The van der Waals surface area contributed by atoms with Gasteiger partial charge in [-0.05, 0) is 52.5 Å². The van der Waals surface area contributed by atoms with Crippen molar-refractivity contribution in [1.29, 1.82) is 0 Å². The lowest BCUT2D eigenvalue weighted by Gasteiger charge is -2.39. The molecule has 3 rings (SSSR count).